The molecule has 1 aromatic rings. The second-order valence-corrected chi connectivity index (χ2v) is 4.63. The van der Waals surface area contributed by atoms with Gasteiger partial charge in [0.05, 0.1) is 5.02 Å². The maximum Gasteiger partial charge on any atom is 0.242 e. The molecule has 0 radical (unpaired) electrons. The molecular formula is C10H10BrCl2NO. The number of hydrogen-bond acceptors (Lipinski definition) is 1. The average Bonchev–Trinajstić information content (AvgIpc) is 2.21. The van der Waals surface area contributed by atoms with Gasteiger partial charge < -0.3 is 5.32 Å². The summed E-state index contributed by atoms with van der Waals surface area (Å²) in [6.07, 6.45) is 0. The van der Waals surface area contributed by atoms with Gasteiger partial charge in [-0.2, -0.15) is 0 Å². The smallest absolute Gasteiger partial charge is 0.242 e. The fourth-order valence-corrected chi connectivity index (χ4v) is 1.81. The molecule has 5 heteroatoms. The van der Waals surface area contributed by atoms with Gasteiger partial charge in [-0.05, 0) is 40.5 Å². The van der Waals surface area contributed by atoms with E-state index in [0.29, 0.717) is 11.6 Å². The molecular weight excluding hydrogens is 301 g/mol. The summed E-state index contributed by atoms with van der Waals surface area (Å²) in [6, 6.07) is 5.19. The van der Waals surface area contributed by atoms with Gasteiger partial charge in [-0.15, -0.1) is 11.6 Å². The first kappa shape index (κ1) is 12.8. The molecule has 0 saturated heterocycles. The van der Waals surface area contributed by atoms with Crippen molar-refractivity contribution < 1.29 is 4.79 Å². The van der Waals surface area contributed by atoms with E-state index < -0.39 is 5.38 Å². The molecule has 0 bridgehead atoms. The minimum absolute atomic E-state index is 0.201. The molecule has 15 heavy (non-hydrogen) atoms. The van der Waals surface area contributed by atoms with Crippen LogP contribution in [0.5, 0.6) is 0 Å². The van der Waals surface area contributed by atoms with E-state index in [-0.39, 0.29) is 5.91 Å². The van der Waals surface area contributed by atoms with Gasteiger partial charge in [0.15, 0.2) is 0 Å². The number of carbonyl (C=O) groups is 1. The Morgan fingerprint density at radius 1 is 1.60 bits per heavy atom. The van der Waals surface area contributed by atoms with Crippen molar-refractivity contribution in [3.63, 3.8) is 0 Å². The van der Waals surface area contributed by atoms with Gasteiger partial charge in [0, 0.05) is 11.0 Å². The molecule has 0 spiro atoms. The minimum Gasteiger partial charge on any atom is -0.355 e. The van der Waals surface area contributed by atoms with E-state index in [1.54, 1.807) is 18.2 Å². The molecule has 0 saturated carbocycles. The Labute approximate surface area is 107 Å². The molecule has 1 amide bonds. The van der Waals surface area contributed by atoms with Crippen LogP contribution in [0.15, 0.2) is 22.7 Å². The number of amides is 1. The van der Waals surface area contributed by atoms with Crippen LogP contribution in [-0.4, -0.2) is 12.5 Å². The van der Waals surface area contributed by atoms with E-state index in [9.17, 15) is 4.79 Å². The van der Waals surface area contributed by atoms with E-state index >= 15 is 0 Å². The third kappa shape index (κ3) is 3.37. The first-order valence-electron chi connectivity index (χ1n) is 4.43. The van der Waals surface area contributed by atoms with Gasteiger partial charge in [0.25, 0.3) is 0 Å². The van der Waals surface area contributed by atoms with Crippen molar-refractivity contribution in [2.24, 2.45) is 0 Å². The Kier molecular flexibility index (Phi) is 4.90. The van der Waals surface area contributed by atoms with Crippen molar-refractivity contribution in [3.05, 3.63) is 33.3 Å². The molecule has 0 aromatic heterocycles. The monoisotopic (exact) mass is 309 g/mol. The van der Waals surface area contributed by atoms with Crippen LogP contribution in [0.3, 0.4) is 0 Å². The normalized spacial score (nSPS) is 12.3. The average molecular weight is 311 g/mol. The van der Waals surface area contributed by atoms with Crippen molar-refractivity contribution >= 4 is 45.0 Å². The zero-order valence-corrected chi connectivity index (χ0v) is 11.2. The zero-order chi connectivity index (χ0) is 11.4. The lowest BCUT2D eigenvalue weighted by Gasteiger charge is -2.10. The predicted octanol–water partition coefficient (Wildman–Crippen LogP) is 3.52. The SMILES string of the molecule is CCNC(=O)C(Cl)c1ccc(Cl)c(Br)c1. The fraction of sp³-hybridized carbons (Fsp3) is 0.300. The molecule has 1 unspecified atom stereocenters. The van der Waals surface area contributed by atoms with Crippen LogP contribution >= 0.6 is 39.1 Å². The van der Waals surface area contributed by atoms with Gasteiger partial charge in [0.1, 0.15) is 5.38 Å². The molecule has 1 N–H and O–H groups in total. The fourth-order valence-electron chi connectivity index (χ4n) is 1.09. The number of alkyl halides is 1. The van der Waals surface area contributed by atoms with Crippen molar-refractivity contribution in [1.82, 2.24) is 5.32 Å². The highest BCUT2D eigenvalue weighted by Gasteiger charge is 2.17. The Bertz CT molecular complexity index is 370. The number of nitrogens with one attached hydrogen (secondary N) is 1. The summed E-state index contributed by atoms with van der Waals surface area (Å²) in [5.41, 5.74) is 0.721. The molecule has 0 aliphatic rings. The van der Waals surface area contributed by atoms with Gasteiger partial charge in [-0.1, -0.05) is 17.7 Å². The van der Waals surface area contributed by atoms with E-state index in [0.717, 1.165) is 10.0 Å². The van der Waals surface area contributed by atoms with Gasteiger partial charge in [-0.3, -0.25) is 4.79 Å². The Balaban J connectivity index is 2.86. The summed E-state index contributed by atoms with van der Waals surface area (Å²) in [5, 5.41) is 2.57. The number of hydrogen-bond donors (Lipinski definition) is 1. The van der Waals surface area contributed by atoms with Crippen molar-refractivity contribution in [2.75, 3.05) is 6.54 Å². The number of carbonyl (C=O) groups excluding carboxylic acids is 1. The highest BCUT2D eigenvalue weighted by Crippen LogP contribution is 2.28. The summed E-state index contributed by atoms with van der Waals surface area (Å²) < 4.78 is 0.733. The van der Waals surface area contributed by atoms with Crippen LogP contribution in [0.25, 0.3) is 0 Å². The molecule has 0 aliphatic carbocycles. The quantitative estimate of drug-likeness (QED) is 0.850. The number of rotatable bonds is 3. The minimum atomic E-state index is -0.682. The molecule has 0 fully saturated rings. The van der Waals surface area contributed by atoms with E-state index in [2.05, 4.69) is 21.2 Å². The maximum atomic E-state index is 11.4. The van der Waals surface area contributed by atoms with Crippen LogP contribution in [0.1, 0.15) is 17.9 Å². The lowest BCUT2D eigenvalue weighted by molar-refractivity contribution is -0.120. The van der Waals surface area contributed by atoms with Crippen LogP contribution in [0.2, 0.25) is 5.02 Å². The van der Waals surface area contributed by atoms with Gasteiger partial charge >= 0.3 is 0 Å². The van der Waals surface area contributed by atoms with Crippen LogP contribution in [0, 0.1) is 0 Å². The van der Waals surface area contributed by atoms with Gasteiger partial charge in [-0.25, -0.2) is 0 Å². The molecule has 1 atom stereocenters. The summed E-state index contributed by atoms with van der Waals surface area (Å²) in [7, 11) is 0. The van der Waals surface area contributed by atoms with Crippen LogP contribution in [0.4, 0.5) is 0 Å². The number of benzene rings is 1. The summed E-state index contributed by atoms with van der Waals surface area (Å²) in [5.74, 6) is -0.201. The second-order valence-electron chi connectivity index (χ2n) is 2.93. The summed E-state index contributed by atoms with van der Waals surface area (Å²) >= 11 is 15.1. The first-order chi connectivity index (χ1) is 7.06. The number of halogens is 3. The topological polar surface area (TPSA) is 29.1 Å². The second kappa shape index (κ2) is 5.73. The Morgan fingerprint density at radius 2 is 2.27 bits per heavy atom. The first-order valence-corrected chi connectivity index (χ1v) is 6.03. The van der Waals surface area contributed by atoms with Crippen molar-refractivity contribution in [1.29, 1.82) is 0 Å². The van der Waals surface area contributed by atoms with Crippen LogP contribution in [-0.2, 0) is 4.79 Å². The predicted molar refractivity (Wildman–Crippen MR) is 66.4 cm³/mol. The number of likely N-dealkylation sites (N-methyl/N-ethyl adjacent to an activating group) is 1. The Morgan fingerprint density at radius 3 is 2.80 bits per heavy atom. The molecule has 1 aromatic carbocycles. The molecule has 82 valence electrons. The molecule has 2 nitrogen and oxygen atoms in total. The Hall–Kier alpha value is -0.250. The lowest BCUT2D eigenvalue weighted by Crippen LogP contribution is -2.26. The van der Waals surface area contributed by atoms with E-state index in [1.807, 2.05) is 6.92 Å². The van der Waals surface area contributed by atoms with Crippen LogP contribution < -0.4 is 5.32 Å². The highest BCUT2D eigenvalue weighted by atomic mass is 79.9. The summed E-state index contributed by atoms with van der Waals surface area (Å²) in [4.78, 5) is 11.4. The van der Waals surface area contributed by atoms with Crippen molar-refractivity contribution in [2.45, 2.75) is 12.3 Å². The molecule has 0 heterocycles. The van der Waals surface area contributed by atoms with E-state index in [1.165, 1.54) is 0 Å². The highest BCUT2D eigenvalue weighted by molar-refractivity contribution is 9.10. The lowest BCUT2D eigenvalue weighted by atomic mass is 10.1. The largest absolute Gasteiger partial charge is 0.355 e. The third-order valence-electron chi connectivity index (χ3n) is 1.82. The summed E-state index contributed by atoms with van der Waals surface area (Å²) in [6.45, 7) is 2.41. The van der Waals surface area contributed by atoms with E-state index in [4.69, 9.17) is 23.2 Å². The zero-order valence-electron chi connectivity index (χ0n) is 8.06. The van der Waals surface area contributed by atoms with Gasteiger partial charge in [0.2, 0.25) is 5.91 Å². The molecule has 0 aliphatic heterocycles. The standard InChI is InChI=1S/C10H10BrCl2NO/c1-2-14-10(15)9(13)6-3-4-8(12)7(11)5-6/h3-5,9H,2H2,1H3,(H,14,15). The third-order valence-corrected chi connectivity index (χ3v) is 3.48. The molecule has 1 rings (SSSR count). The maximum absolute atomic E-state index is 11.4. The van der Waals surface area contributed by atoms with Crippen molar-refractivity contribution in [3.8, 4) is 0 Å².